The average molecular weight is 322 g/mol. The van der Waals surface area contributed by atoms with E-state index in [0.717, 1.165) is 29.2 Å². The summed E-state index contributed by atoms with van der Waals surface area (Å²) < 4.78 is 5.39. The van der Waals surface area contributed by atoms with Crippen molar-refractivity contribution < 1.29 is 9.53 Å². The summed E-state index contributed by atoms with van der Waals surface area (Å²) in [5.41, 5.74) is 0. The van der Waals surface area contributed by atoms with Crippen LogP contribution >= 0.6 is 22.7 Å². The van der Waals surface area contributed by atoms with Crippen molar-refractivity contribution in [1.29, 1.82) is 0 Å². The molecular weight excluding hydrogens is 304 g/mol. The summed E-state index contributed by atoms with van der Waals surface area (Å²) in [4.78, 5) is 14.5. The van der Waals surface area contributed by atoms with Crippen LogP contribution in [-0.2, 0) is 4.74 Å². The third kappa shape index (κ3) is 3.84. The van der Waals surface area contributed by atoms with Crippen LogP contribution in [0.3, 0.4) is 0 Å². The van der Waals surface area contributed by atoms with Crippen molar-refractivity contribution in [2.75, 3.05) is 13.2 Å². The number of thiophene rings is 2. The zero-order valence-corrected chi connectivity index (χ0v) is 13.2. The van der Waals surface area contributed by atoms with Gasteiger partial charge in [-0.3, -0.25) is 0 Å². The van der Waals surface area contributed by atoms with E-state index in [1.54, 1.807) is 22.7 Å². The molecule has 1 fully saturated rings. The van der Waals surface area contributed by atoms with Gasteiger partial charge in [0.2, 0.25) is 0 Å². The largest absolute Gasteiger partial charge is 0.379 e. The number of amides is 2. The first kappa shape index (κ1) is 14.6. The van der Waals surface area contributed by atoms with Crippen molar-refractivity contribution in [2.24, 2.45) is 0 Å². The number of ether oxygens (including phenoxy) is 1. The lowest BCUT2D eigenvalue weighted by Gasteiger charge is -2.24. The van der Waals surface area contributed by atoms with Crippen LogP contribution in [-0.4, -0.2) is 25.3 Å². The van der Waals surface area contributed by atoms with E-state index >= 15 is 0 Å². The van der Waals surface area contributed by atoms with Crippen molar-refractivity contribution >= 4 is 28.7 Å². The molecule has 4 nitrogen and oxygen atoms in total. The number of hydrogen-bond donors (Lipinski definition) is 2. The highest BCUT2D eigenvalue weighted by Crippen LogP contribution is 2.29. The molecule has 1 aliphatic heterocycles. The van der Waals surface area contributed by atoms with Crippen LogP contribution in [0.15, 0.2) is 35.0 Å². The van der Waals surface area contributed by atoms with Gasteiger partial charge in [-0.05, 0) is 35.7 Å². The van der Waals surface area contributed by atoms with Gasteiger partial charge in [-0.1, -0.05) is 12.1 Å². The van der Waals surface area contributed by atoms with Gasteiger partial charge in [0.1, 0.15) is 0 Å². The van der Waals surface area contributed by atoms with Crippen molar-refractivity contribution in [1.82, 2.24) is 10.6 Å². The van der Waals surface area contributed by atoms with Gasteiger partial charge >= 0.3 is 6.03 Å². The maximum Gasteiger partial charge on any atom is 0.315 e. The monoisotopic (exact) mass is 322 g/mol. The molecule has 6 heteroatoms. The number of carbonyl (C=O) groups is 1. The maximum absolute atomic E-state index is 12.2. The normalized spacial score (nSPS) is 18.6. The second-order valence-electron chi connectivity index (χ2n) is 5.00. The Morgan fingerprint density at radius 1 is 1.24 bits per heavy atom. The van der Waals surface area contributed by atoms with Crippen molar-refractivity contribution in [3.63, 3.8) is 0 Å². The molecule has 3 rings (SSSR count). The molecule has 0 radical (unpaired) electrons. The molecule has 21 heavy (non-hydrogen) atoms. The van der Waals surface area contributed by atoms with Gasteiger partial charge < -0.3 is 15.4 Å². The summed E-state index contributed by atoms with van der Waals surface area (Å²) in [6.07, 6.45) is 1.99. The van der Waals surface area contributed by atoms with Gasteiger partial charge in [0.25, 0.3) is 0 Å². The molecule has 112 valence electrons. The fourth-order valence-corrected chi connectivity index (χ4v) is 4.07. The summed E-state index contributed by atoms with van der Waals surface area (Å²) in [5.74, 6) is 0. The van der Waals surface area contributed by atoms with Gasteiger partial charge in [-0.25, -0.2) is 4.79 Å². The lowest BCUT2D eigenvalue weighted by atomic mass is 10.1. The Hall–Kier alpha value is -1.37. The van der Waals surface area contributed by atoms with E-state index in [1.807, 2.05) is 22.9 Å². The molecule has 1 aliphatic rings. The highest BCUT2D eigenvalue weighted by Gasteiger charge is 2.21. The quantitative estimate of drug-likeness (QED) is 0.906. The maximum atomic E-state index is 12.2. The molecule has 0 aliphatic carbocycles. The first-order valence-corrected chi connectivity index (χ1v) is 8.80. The standard InChI is InChI=1S/C15H18N2O2S2/c18-15(16-11-4-1-7-19-10-11)17-14(12-5-2-8-20-12)13-6-3-9-21-13/h2-3,5-6,8-9,11,14H,1,4,7,10H2,(H2,16,17,18). The number of carbonyl (C=O) groups excluding carboxylic acids is 1. The Balaban J connectivity index is 1.65. The van der Waals surface area contributed by atoms with Crippen LogP contribution in [0, 0.1) is 0 Å². The molecule has 2 aromatic heterocycles. The van der Waals surface area contributed by atoms with Crippen LogP contribution in [0.4, 0.5) is 4.79 Å². The van der Waals surface area contributed by atoms with E-state index in [2.05, 4.69) is 22.8 Å². The van der Waals surface area contributed by atoms with E-state index in [9.17, 15) is 4.79 Å². The summed E-state index contributed by atoms with van der Waals surface area (Å²) in [5, 5.41) is 10.2. The molecule has 3 heterocycles. The highest BCUT2D eigenvalue weighted by molar-refractivity contribution is 7.11. The van der Waals surface area contributed by atoms with Crippen LogP contribution in [0.2, 0.25) is 0 Å². The molecule has 2 aromatic rings. The lowest BCUT2D eigenvalue weighted by Crippen LogP contribution is -2.46. The minimum atomic E-state index is -0.127. The fourth-order valence-electron chi connectivity index (χ4n) is 2.41. The van der Waals surface area contributed by atoms with Gasteiger partial charge in [-0.2, -0.15) is 0 Å². The van der Waals surface area contributed by atoms with Crippen LogP contribution in [0.5, 0.6) is 0 Å². The molecule has 0 aromatic carbocycles. The Morgan fingerprint density at radius 3 is 2.48 bits per heavy atom. The van der Waals surface area contributed by atoms with Crippen LogP contribution in [0.25, 0.3) is 0 Å². The number of urea groups is 1. The van der Waals surface area contributed by atoms with Crippen molar-refractivity contribution in [3.05, 3.63) is 44.8 Å². The Kier molecular flexibility index (Phi) is 4.90. The van der Waals surface area contributed by atoms with E-state index in [-0.39, 0.29) is 18.1 Å². The molecule has 0 bridgehead atoms. The van der Waals surface area contributed by atoms with E-state index < -0.39 is 0 Å². The topological polar surface area (TPSA) is 50.4 Å². The molecule has 0 spiro atoms. The Morgan fingerprint density at radius 2 is 1.95 bits per heavy atom. The number of rotatable bonds is 4. The first-order valence-electron chi connectivity index (χ1n) is 7.04. The third-order valence-corrected chi connectivity index (χ3v) is 5.30. The van der Waals surface area contributed by atoms with E-state index in [4.69, 9.17) is 4.74 Å². The Labute approximate surface area is 132 Å². The molecule has 1 unspecified atom stereocenters. The fraction of sp³-hybridized carbons (Fsp3) is 0.400. The first-order chi connectivity index (χ1) is 10.3. The second kappa shape index (κ2) is 7.06. The van der Waals surface area contributed by atoms with Crippen molar-refractivity contribution in [2.45, 2.75) is 24.9 Å². The molecule has 2 amide bonds. The predicted molar refractivity (Wildman–Crippen MR) is 86.0 cm³/mol. The zero-order chi connectivity index (χ0) is 14.5. The van der Waals surface area contributed by atoms with E-state index in [1.165, 1.54) is 0 Å². The van der Waals surface area contributed by atoms with Gasteiger partial charge in [0.15, 0.2) is 0 Å². The van der Waals surface area contributed by atoms with E-state index in [0.29, 0.717) is 6.61 Å². The smallest absolute Gasteiger partial charge is 0.315 e. The minimum Gasteiger partial charge on any atom is -0.379 e. The highest BCUT2D eigenvalue weighted by atomic mass is 32.1. The summed E-state index contributed by atoms with van der Waals surface area (Å²) >= 11 is 3.31. The van der Waals surface area contributed by atoms with Gasteiger partial charge in [-0.15, -0.1) is 22.7 Å². The third-order valence-electron chi connectivity index (χ3n) is 3.43. The van der Waals surface area contributed by atoms with Gasteiger partial charge in [0, 0.05) is 16.4 Å². The molecule has 1 saturated heterocycles. The lowest BCUT2D eigenvalue weighted by molar-refractivity contribution is 0.0731. The molecule has 1 atom stereocenters. The number of hydrogen-bond acceptors (Lipinski definition) is 4. The molecular formula is C15H18N2O2S2. The Bertz CT molecular complexity index is 514. The number of nitrogens with one attached hydrogen (secondary N) is 2. The zero-order valence-electron chi connectivity index (χ0n) is 11.6. The van der Waals surface area contributed by atoms with Gasteiger partial charge in [0.05, 0.1) is 18.7 Å². The average Bonchev–Trinajstić information content (AvgIpc) is 3.19. The second-order valence-corrected chi connectivity index (χ2v) is 6.95. The molecule has 0 saturated carbocycles. The summed E-state index contributed by atoms with van der Waals surface area (Å²) in [6, 6.07) is 8.04. The predicted octanol–water partition coefficient (Wildman–Crippen LogP) is 3.38. The SMILES string of the molecule is O=C(NC1CCCOC1)NC(c1cccs1)c1cccs1. The van der Waals surface area contributed by atoms with Crippen LogP contribution < -0.4 is 10.6 Å². The summed E-state index contributed by atoms with van der Waals surface area (Å²) in [6.45, 7) is 1.41. The molecule has 2 N–H and O–H groups in total. The van der Waals surface area contributed by atoms with Crippen molar-refractivity contribution in [3.8, 4) is 0 Å². The minimum absolute atomic E-state index is 0.0745. The van der Waals surface area contributed by atoms with Crippen LogP contribution in [0.1, 0.15) is 28.6 Å². The summed E-state index contributed by atoms with van der Waals surface area (Å²) in [7, 11) is 0.